The molecule has 0 amide bonds. The van der Waals surface area contributed by atoms with Gasteiger partial charge in [0.05, 0.1) is 5.56 Å². The van der Waals surface area contributed by atoms with Gasteiger partial charge in [-0.1, -0.05) is 31.5 Å². The van der Waals surface area contributed by atoms with Crippen molar-refractivity contribution in [3.63, 3.8) is 0 Å². The van der Waals surface area contributed by atoms with Gasteiger partial charge in [0.2, 0.25) is 0 Å². The van der Waals surface area contributed by atoms with E-state index in [1.807, 2.05) is 13.0 Å². The molecule has 1 heterocycles. The molecule has 0 fully saturated rings. The molecular formula is C19H23NO2S. The number of thiophene rings is 1. The fourth-order valence-electron chi connectivity index (χ4n) is 3.46. The van der Waals surface area contributed by atoms with Crippen LogP contribution in [-0.4, -0.2) is 11.1 Å². The average molecular weight is 329 g/mol. The predicted molar refractivity (Wildman–Crippen MR) is 95.1 cm³/mol. The molecular weight excluding hydrogens is 306 g/mol. The van der Waals surface area contributed by atoms with Crippen LogP contribution >= 0.6 is 11.3 Å². The van der Waals surface area contributed by atoms with Gasteiger partial charge in [-0.05, 0) is 54.4 Å². The van der Waals surface area contributed by atoms with Crippen LogP contribution in [0.1, 0.15) is 52.2 Å². The maximum atomic E-state index is 12.0. The Labute approximate surface area is 141 Å². The fraction of sp³-hybridized carbons (Fsp3) is 0.421. The second-order valence-electron chi connectivity index (χ2n) is 7.27. The van der Waals surface area contributed by atoms with Crippen molar-refractivity contribution >= 4 is 17.3 Å². The first-order valence-corrected chi connectivity index (χ1v) is 8.81. The first kappa shape index (κ1) is 16.2. The number of aromatic carboxylic acids is 1. The van der Waals surface area contributed by atoms with Crippen molar-refractivity contribution in [2.24, 2.45) is 11.1 Å². The molecule has 1 aromatic carbocycles. The van der Waals surface area contributed by atoms with Gasteiger partial charge in [0.1, 0.15) is 0 Å². The van der Waals surface area contributed by atoms with Crippen molar-refractivity contribution < 1.29 is 9.90 Å². The monoisotopic (exact) mass is 329 g/mol. The van der Waals surface area contributed by atoms with Gasteiger partial charge < -0.3 is 10.8 Å². The van der Waals surface area contributed by atoms with Crippen molar-refractivity contribution in [1.82, 2.24) is 0 Å². The van der Waals surface area contributed by atoms with E-state index in [-0.39, 0.29) is 5.41 Å². The second kappa shape index (κ2) is 5.77. The average Bonchev–Trinajstić information content (AvgIpc) is 2.83. The lowest BCUT2D eigenvalue weighted by Crippen LogP contribution is -2.22. The normalized spacial score (nSPS) is 16.2. The molecule has 1 aliphatic rings. The number of hydrogen-bond acceptors (Lipinski definition) is 3. The molecule has 1 aromatic heterocycles. The van der Waals surface area contributed by atoms with Crippen LogP contribution < -0.4 is 5.73 Å². The summed E-state index contributed by atoms with van der Waals surface area (Å²) in [5.74, 6) is -0.814. The summed E-state index contributed by atoms with van der Waals surface area (Å²) in [5, 5.41) is 9.82. The summed E-state index contributed by atoms with van der Waals surface area (Å²) < 4.78 is 0. The molecule has 3 rings (SSSR count). The molecule has 0 saturated heterocycles. The maximum Gasteiger partial charge on any atom is 0.337 e. The minimum Gasteiger partial charge on any atom is -0.478 e. The van der Waals surface area contributed by atoms with Gasteiger partial charge in [-0.15, -0.1) is 11.3 Å². The summed E-state index contributed by atoms with van der Waals surface area (Å²) in [4.78, 5) is 14.1. The number of rotatable bonds is 3. The molecule has 1 aliphatic carbocycles. The molecule has 0 bridgehead atoms. The van der Waals surface area contributed by atoms with Gasteiger partial charge in [-0.25, -0.2) is 4.79 Å². The number of carbonyl (C=O) groups is 1. The van der Waals surface area contributed by atoms with Crippen molar-refractivity contribution in [3.05, 3.63) is 45.3 Å². The molecule has 4 heteroatoms. The smallest absolute Gasteiger partial charge is 0.337 e. The predicted octanol–water partition coefficient (Wildman–Crippen LogP) is 4.40. The third-order valence-electron chi connectivity index (χ3n) is 4.62. The van der Waals surface area contributed by atoms with Crippen LogP contribution in [0.4, 0.5) is 0 Å². The van der Waals surface area contributed by atoms with E-state index in [2.05, 4.69) is 26.0 Å². The number of carboxylic acids is 1. The summed E-state index contributed by atoms with van der Waals surface area (Å²) in [6, 6.07) is 6.15. The lowest BCUT2D eigenvalue weighted by Gasteiger charge is -2.29. The maximum absolute atomic E-state index is 12.0. The molecule has 0 saturated carbocycles. The van der Waals surface area contributed by atoms with Gasteiger partial charge in [-0.2, -0.15) is 0 Å². The molecule has 0 radical (unpaired) electrons. The zero-order valence-electron chi connectivity index (χ0n) is 13.9. The third kappa shape index (κ3) is 3.06. The molecule has 0 spiro atoms. The highest BCUT2D eigenvalue weighted by Crippen LogP contribution is 2.45. The standard InChI is InChI=1S/C19H23NO2S/c1-11-6-12(10-20)8-13(7-11)17-16(18(21)22)14-9-19(2,3)5-4-15(14)23-17/h6-8H,4-5,9-10,20H2,1-3H3,(H,21,22). The van der Waals surface area contributed by atoms with E-state index in [1.54, 1.807) is 11.3 Å². The number of carboxylic acid groups (broad SMARTS) is 1. The fourth-order valence-corrected chi connectivity index (χ4v) is 4.76. The lowest BCUT2D eigenvalue weighted by molar-refractivity contribution is 0.0696. The van der Waals surface area contributed by atoms with E-state index in [0.717, 1.165) is 46.4 Å². The van der Waals surface area contributed by atoms with Gasteiger partial charge in [0.25, 0.3) is 0 Å². The van der Waals surface area contributed by atoms with Crippen molar-refractivity contribution in [2.45, 2.75) is 46.6 Å². The Morgan fingerprint density at radius 2 is 2.09 bits per heavy atom. The molecule has 23 heavy (non-hydrogen) atoms. The Balaban J connectivity index is 2.19. The van der Waals surface area contributed by atoms with E-state index in [9.17, 15) is 9.90 Å². The van der Waals surface area contributed by atoms with Gasteiger partial charge in [0.15, 0.2) is 0 Å². The Kier molecular flexibility index (Phi) is 4.07. The minimum atomic E-state index is -0.814. The van der Waals surface area contributed by atoms with Crippen LogP contribution in [0.25, 0.3) is 10.4 Å². The molecule has 0 unspecified atom stereocenters. The highest BCUT2D eigenvalue weighted by atomic mass is 32.1. The van der Waals surface area contributed by atoms with Crippen LogP contribution in [0, 0.1) is 12.3 Å². The number of benzene rings is 1. The summed E-state index contributed by atoms with van der Waals surface area (Å²) in [7, 11) is 0. The Hall–Kier alpha value is -1.65. The van der Waals surface area contributed by atoms with Gasteiger partial charge in [-0.3, -0.25) is 0 Å². The number of fused-ring (bicyclic) bond motifs is 1. The van der Waals surface area contributed by atoms with E-state index in [0.29, 0.717) is 12.1 Å². The largest absolute Gasteiger partial charge is 0.478 e. The third-order valence-corrected chi connectivity index (χ3v) is 5.96. The first-order valence-electron chi connectivity index (χ1n) is 7.99. The van der Waals surface area contributed by atoms with Crippen molar-refractivity contribution in [2.75, 3.05) is 0 Å². The first-order chi connectivity index (χ1) is 10.8. The quantitative estimate of drug-likeness (QED) is 0.877. The van der Waals surface area contributed by atoms with Crippen LogP contribution in [-0.2, 0) is 19.4 Å². The number of nitrogens with two attached hydrogens (primary N) is 1. The zero-order valence-corrected chi connectivity index (χ0v) is 14.7. The summed E-state index contributed by atoms with van der Waals surface area (Å²) in [5.41, 5.74) is 10.7. The molecule has 0 aliphatic heterocycles. The Morgan fingerprint density at radius 3 is 2.74 bits per heavy atom. The highest BCUT2D eigenvalue weighted by Gasteiger charge is 2.32. The molecule has 3 nitrogen and oxygen atoms in total. The van der Waals surface area contributed by atoms with Crippen LogP contribution in [0.2, 0.25) is 0 Å². The molecule has 3 N–H and O–H groups in total. The number of hydrogen-bond donors (Lipinski definition) is 2. The zero-order chi connectivity index (χ0) is 16.8. The molecule has 2 aromatic rings. The van der Waals surface area contributed by atoms with Crippen molar-refractivity contribution in [1.29, 1.82) is 0 Å². The summed E-state index contributed by atoms with van der Waals surface area (Å²) >= 11 is 1.65. The molecule has 0 atom stereocenters. The Morgan fingerprint density at radius 1 is 1.35 bits per heavy atom. The second-order valence-corrected chi connectivity index (χ2v) is 8.37. The van der Waals surface area contributed by atoms with E-state index in [1.165, 1.54) is 4.88 Å². The topological polar surface area (TPSA) is 63.3 Å². The Bertz CT molecular complexity index is 774. The van der Waals surface area contributed by atoms with E-state index < -0.39 is 5.97 Å². The summed E-state index contributed by atoms with van der Waals surface area (Å²) in [6.07, 6.45) is 2.93. The minimum absolute atomic E-state index is 0.171. The highest BCUT2D eigenvalue weighted by molar-refractivity contribution is 7.16. The van der Waals surface area contributed by atoms with Crippen LogP contribution in [0.3, 0.4) is 0 Å². The van der Waals surface area contributed by atoms with Crippen LogP contribution in [0.5, 0.6) is 0 Å². The molecule has 122 valence electrons. The lowest BCUT2D eigenvalue weighted by atomic mass is 9.76. The summed E-state index contributed by atoms with van der Waals surface area (Å²) in [6.45, 7) is 6.94. The van der Waals surface area contributed by atoms with E-state index >= 15 is 0 Å². The van der Waals surface area contributed by atoms with Gasteiger partial charge >= 0.3 is 5.97 Å². The van der Waals surface area contributed by atoms with Gasteiger partial charge in [0, 0.05) is 16.3 Å². The number of aryl methyl sites for hydroxylation is 2. The SMILES string of the molecule is Cc1cc(CN)cc(-c2sc3c(c2C(=O)O)CC(C)(C)CC3)c1. The van der Waals surface area contributed by atoms with E-state index in [4.69, 9.17) is 5.73 Å². The van der Waals surface area contributed by atoms with Crippen LogP contribution in [0.15, 0.2) is 18.2 Å². The van der Waals surface area contributed by atoms with Crippen molar-refractivity contribution in [3.8, 4) is 10.4 Å².